The summed E-state index contributed by atoms with van der Waals surface area (Å²) in [5, 5.41) is 3.44. The summed E-state index contributed by atoms with van der Waals surface area (Å²) in [7, 11) is 0. The lowest BCUT2D eigenvalue weighted by Gasteiger charge is -2.10. The number of benzene rings is 1. The van der Waals surface area contributed by atoms with Crippen LogP contribution in [0.3, 0.4) is 0 Å². The van der Waals surface area contributed by atoms with Gasteiger partial charge >= 0.3 is 0 Å². The molecule has 0 saturated heterocycles. The van der Waals surface area contributed by atoms with Gasteiger partial charge in [0.1, 0.15) is 0 Å². The molecule has 14 heavy (non-hydrogen) atoms. The number of rotatable bonds is 0. The van der Waals surface area contributed by atoms with Gasteiger partial charge in [-0.15, -0.1) is 0 Å². The third-order valence-corrected chi connectivity index (χ3v) is 4.64. The summed E-state index contributed by atoms with van der Waals surface area (Å²) >= 11 is 7.16. The normalized spacial score (nSPS) is 32.9. The number of fused-ring (bicyclic) bond motifs is 2. The molecule has 1 aromatic carbocycles. The summed E-state index contributed by atoms with van der Waals surface area (Å²) in [6, 6.07) is 4.47. The van der Waals surface area contributed by atoms with Gasteiger partial charge in [0.15, 0.2) is 0 Å². The number of anilines is 1. The molecule has 2 aliphatic rings. The van der Waals surface area contributed by atoms with E-state index < -0.39 is 0 Å². The zero-order valence-corrected chi connectivity index (χ0v) is 10.7. The summed E-state index contributed by atoms with van der Waals surface area (Å²) < 4.78 is 2.31. The maximum atomic E-state index is 6.02. The van der Waals surface area contributed by atoms with Crippen molar-refractivity contribution in [2.45, 2.75) is 17.9 Å². The molecule has 0 amide bonds. The highest BCUT2D eigenvalue weighted by molar-refractivity contribution is 9.11. The fourth-order valence-corrected chi connectivity index (χ4v) is 3.57. The Morgan fingerprint density at radius 1 is 1.36 bits per heavy atom. The molecule has 1 aliphatic carbocycles. The molecule has 2 unspecified atom stereocenters. The molecule has 4 heteroatoms. The van der Waals surface area contributed by atoms with Gasteiger partial charge in [-0.25, -0.2) is 0 Å². The minimum atomic E-state index is 0.206. The van der Waals surface area contributed by atoms with Crippen LogP contribution in [0.5, 0.6) is 0 Å². The SMILES string of the molecule is NC1CC12CNc1c(Br)ccc(Br)c12. The highest BCUT2D eigenvalue weighted by atomic mass is 79.9. The van der Waals surface area contributed by atoms with Crippen LogP contribution >= 0.6 is 31.9 Å². The summed E-state index contributed by atoms with van der Waals surface area (Å²) in [5.74, 6) is 0. The number of nitrogens with two attached hydrogens (primary N) is 1. The summed E-state index contributed by atoms with van der Waals surface area (Å²) in [6.07, 6.45) is 1.10. The van der Waals surface area contributed by atoms with Crippen molar-refractivity contribution in [1.29, 1.82) is 0 Å². The Labute approximate surface area is 99.5 Å². The molecular formula is C10H10Br2N2. The van der Waals surface area contributed by atoms with Gasteiger partial charge in [0.2, 0.25) is 0 Å². The third-order valence-electron chi connectivity index (χ3n) is 3.32. The fourth-order valence-electron chi connectivity index (χ4n) is 2.37. The van der Waals surface area contributed by atoms with Crippen molar-refractivity contribution in [3.05, 3.63) is 26.6 Å². The minimum absolute atomic E-state index is 0.206. The van der Waals surface area contributed by atoms with Crippen molar-refractivity contribution in [1.82, 2.24) is 0 Å². The zero-order valence-electron chi connectivity index (χ0n) is 7.48. The van der Waals surface area contributed by atoms with Crippen LogP contribution in [0.25, 0.3) is 0 Å². The van der Waals surface area contributed by atoms with Gasteiger partial charge in [-0.2, -0.15) is 0 Å². The van der Waals surface area contributed by atoms with Crippen LogP contribution in [0.2, 0.25) is 0 Å². The second-order valence-corrected chi connectivity index (χ2v) is 5.81. The number of halogens is 2. The molecular weight excluding hydrogens is 308 g/mol. The molecule has 74 valence electrons. The lowest BCUT2D eigenvalue weighted by atomic mass is 9.98. The lowest BCUT2D eigenvalue weighted by Crippen LogP contribution is -2.20. The van der Waals surface area contributed by atoms with Crippen LogP contribution in [0.15, 0.2) is 21.1 Å². The first-order valence-electron chi connectivity index (χ1n) is 4.63. The van der Waals surface area contributed by atoms with Crippen LogP contribution in [0.1, 0.15) is 12.0 Å². The van der Waals surface area contributed by atoms with E-state index in [0.717, 1.165) is 17.4 Å². The topological polar surface area (TPSA) is 38.0 Å². The second-order valence-electron chi connectivity index (χ2n) is 4.10. The molecule has 1 aromatic rings. The van der Waals surface area contributed by atoms with Gasteiger partial charge in [-0.05, 0) is 34.5 Å². The van der Waals surface area contributed by atoms with E-state index >= 15 is 0 Å². The van der Waals surface area contributed by atoms with E-state index in [4.69, 9.17) is 5.73 Å². The Bertz CT molecular complexity index is 419. The second kappa shape index (κ2) is 2.74. The predicted octanol–water partition coefficient (Wildman–Crippen LogP) is 2.61. The van der Waals surface area contributed by atoms with E-state index in [1.54, 1.807) is 0 Å². The van der Waals surface area contributed by atoms with Crippen molar-refractivity contribution in [3.63, 3.8) is 0 Å². The van der Waals surface area contributed by atoms with E-state index in [9.17, 15) is 0 Å². The first kappa shape index (κ1) is 9.19. The van der Waals surface area contributed by atoms with Crippen molar-refractivity contribution < 1.29 is 0 Å². The Morgan fingerprint density at radius 2 is 2.00 bits per heavy atom. The number of hydrogen-bond donors (Lipinski definition) is 2. The Hall–Kier alpha value is -0.0600. The van der Waals surface area contributed by atoms with Crippen molar-refractivity contribution >= 4 is 37.5 Å². The van der Waals surface area contributed by atoms with Crippen molar-refractivity contribution in [2.75, 3.05) is 11.9 Å². The molecule has 2 nitrogen and oxygen atoms in total. The quantitative estimate of drug-likeness (QED) is 0.772. The van der Waals surface area contributed by atoms with Crippen LogP contribution in [-0.4, -0.2) is 12.6 Å². The molecule has 3 N–H and O–H groups in total. The summed E-state index contributed by atoms with van der Waals surface area (Å²) in [4.78, 5) is 0. The molecule has 2 atom stereocenters. The van der Waals surface area contributed by atoms with E-state index in [1.807, 2.05) is 0 Å². The standard InChI is InChI=1S/C10H10Br2N2/c11-5-1-2-6(12)9-8(5)10(4-14-9)3-7(10)13/h1-2,7,14H,3-4,13H2. The van der Waals surface area contributed by atoms with Gasteiger partial charge in [-0.1, -0.05) is 15.9 Å². The van der Waals surface area contributed by atoms with E-state index in [2.05, 4.69) is 49.3 Å². The average molecular weight is 318 g/mol. The van der Waals surface area contributed by atoms with Gasteiger partial charge in [0, 0.05) is 32.5 Å². The highest BCUT2D eigenvalue weighted by Gasteiger charge is 2.58. The van der Waals surface area contributed by atoms with Gasteiger partial charge in [0.25, 0.3) is 0 Å². The maximum Gasteiger partial charge on any atom is 0.0535 e. The molecule has 0 bridgehead atoms. The van der Waals surface area contributed by atoms with Gasteiger partial charge in [-0.3, -0.25) is 0 Å². The summed E-state index contributed by atoms with van der Waals surface area (Å²) in [6.45, 7) is 0.977. The van der Waals surface area contributed by atoms with Gasteiger partial charge in [0.05, 0.1) is 5.69 Å². The first-order chi connectivity index (χ1) is 6.65. The van der Waals surface area contributed by atoms with Crippen LogP contribution < -0.4 is 11.1 Å². The highest BCUT2D eigenvalue weighted by Crippen LogP contribution is 2.57. The smallest absolute Gasteiger partial charge is 0.0535 e. The lowest BCUT2D eigenvalue weighted by molar-refractivity contribution is 0.730. The molecule has 3 rings (SSSR count). The van der Waals surface area contributed by atoms with Crippen molar-refractivity contribution in [3.8, 4) is 0 Å². The molecule has 1 saturated carbocycles. The number of nitrogens with one attached hydrogen (secondary N) is 1. The predicted molar refractivity (Wildman–Crippen MR) is 64.6 cm³/mol. The van der Waals surface area contributed by atoms with Crippen LogP contribution in [0, 0.1) is 0 Å². The molecule has 1 heterocycles. The monoisotopic (exact) mass is 316 g/mol. The maximum absolute atomic E-state index is 6.02. The zero-order chi connectivity index (χ0) is 9.92. The van der Waals surface area contributed by atoms with E-state index in [-0.39, 0.29) is 5.41 Å². The average Bonchev–Trinajstić information content (AvgIpc) is 2.60. The first-order valence-corrected chi connectivity index (χ1v) is 6.22. The summed E-state index contributed by atoms with van der Waals surface area (Å²) in [5.41, 5.74) is 8.80. The third kappa shape index (κ3) is 0.993. The van der Waals surface area contributed by atoms with E-state index in [1.165, 1.54) is 15.7 Å². The molecule has 1 spiro atoms. The number of hydrogen-bond acceptors (Lipinski definition) is 2. The van der Waals surface area contributed by atoms with Crippen molar-refractivity contribution in [2.24, 2.45) is 5.73 Å². The Morgan fingerprint density at radius 3 is 2.64 bits per heavy atom. The van der Waals surface area contributed by atoms with Gasteiger partial charge < -0.3 is 11.1 Å². The largest absolute Gasteiger partial charge is 0.383 e. The molecule has 1 aliphatic heterocycles. The van der Waals surface area contributed by atoms with Crippen LogP contribution in [-0.2, 0) is 5.41 Å². The Balaban J connectivity index is 2.24. The van der Waals surface area contributed by atoms with E-state index in [0.29, 0.717) is 6.04 Å². The molecule has 0 aromatic heterocycles. The van der Waals surface area contributed by atoms with Crippen LogP contribution in [0.4, 0.5) is 5.69 Å². The molecule has 0 radical (unpaired) electrons. The fraction of sp³-hybridized carbons (Fsp3) is 0.400. The Kier molecular flexibility index (Phi) is 1.80. The minimum Gasteiger partial charge on any atom is -0.383 e. The molecule has 1 fully saturated rings.